The van der Waals surface area contributed by atoms with E-state index in [1.165, 1.54) is 5.56 Å². The maximum atomic E-state index is 13.2. The fraction of sp³-hybridized carbons (Fsp3) is 0.414. The van der Waals surface area contributed by atoms with Crippen molar-refractivity contribution >= 4 is 17.9 Å². The van der Waals surface area contributed by atoms with Gasteiger partial charge in [-0.2, -0.15) is 0 Å². The number of aryl methyl sites for hydroxylation is 2. The molecule has 0 aliphatic heterocycles. The van der Waals surface area contributed by atoms with E-state index >= 15 is 0 Å². The number of nitrogens with zero attached hydrogens (tertiary/aromatic N) is 3. The SMILES string of the molecule is COc1ccc(-c2cn(-c3ccc(C)c(C)c3)c(NC(=O)CN(CC(C)C)C(=O)NC(C)(C)C)n2)cc1. The van der Waals surface area contributed by atoms with Crippen LogP contribution in [-0.4, -0.2) is 52.1 Å². The first kappa shape index (κ1) is 27.8. The Morgan fingerprint density at radius 2 is 1.73 bits per heavy atom. The zero-order valence-corrected chi connectivity index (χ0v) is 23.2. The molecule has 3 amide bonds. The molecule has 3 aromatic rings. The Bertz CT molecular complexity index is 1240. The molecular weight excluding hydrogens is 466 g/mol. The van der Waals surface area contributed by atoms with E-state index in [0.717, 1.165) is 22.6 Å². The molecule has 0 atom stereocenters. The van der Waals surface area contributed by atoms with Crippen LogP contribution in [0.1, 0.15) is 45.7 Å². The third-order valence-corrected chi connectivity index (χ3v) is 5.80. The second-order valence-corrected chi connectivity index (χ2v) is 10.8. The van der Waals surface area contributed by atoms with Crippen molar-refractivity contribution in [2.45, 2.75) is 54.0 Å². The Morgan fingerprint density at radius 3 is 2.30 bits per heavy atom. The Balaban J connectivity index is 1.92. The van der Waals surface area contributed by atoms with Crippen LogP contribution in [0.2, 0.25) is 0 Å². The van der Waals surface area contributed by atoms with Gasteiger partial charge in [-0.1, -0.05) is 19.9 Å². The van der Waals surface area contributed by atoms with Crippen LogP contribution in [0.5, 0.6) is 5.75 Å². The number of ether oxygens (including phenoxy) is 1. The van der Waals surface area contributed by atoms with E-state index in [0.29, 0.717) is 18.2 Å². The number of aromatic nitrogens is 2. The van der Waals surface area contributed by atoms with E-state index in [2.05, 4.69) is 30.5 Å². The number of amides is 3. The van der Waals surface area contributed by atoms with Crippen molar-refractivity contribution in [2.24, 2.45) is 5.92 Å². The highest BCUT2D eigenvalue weighted by atomic mass is 16.5. The van der Waals surface area contributed by atoms with Crippen LogP contribution in [0.3, 0.4) is 0 Å². The van der Waals surface area contributed by atoms with Crippen molar-refractivity contribution in [1.82, 2.24) is 19.8 Å². The molecule has 0 saturated carbocycles. The summed E-state index contributed by atoms with van der Waals surface area (Å²) in [6.45, 7) is 14.3. The average Bonchev–Trinajstić information content (AvgIpc) is 3.22. The van der Waals surface area contributed by atoms with Gasteiger partial charge in [0.1, 0.15) is 12.3 Å². The van der Waals surface area contributed by atoms with Gasteiger partial charge in [-0.15, -0.1) is 0 Å². The highest BCUT2D eigenvalue weighted by Gasteiger charge is 2.23. The van der Waals surface area contributed by atoms with Crippen molar-refractivity contribution in [2.75, 3.05) is 25.5 Å². The molecule has 0 saturated heterocycles. The molecule has 8 nitrogen and oxygen atoms in total. The molecule has 0 radical (unpaired) electrons. The van der Waals surface area contributed by atoms with Crippen LogP contribution in [-0.2, 0) is 4.79 Å². The van der Waals surface area contributed by atoms with Crippen molar-refractivity contribution in [3.05, 3.63) is 59.8 Å². The van der Waals surface area contributed by atoms with Gasteiger partial charge < -0.3 is 15.0 Å². The molecular formula is C29H39N5O3. The van der Waals surface area contributed by atoms with Gasteiger partial charge in [-0.05, 0) is 88.1 Å². The van der Waals surface area contributed by atoms with Gasteiger partial charge in [0.15, 0.2) is 0 Å². The summed E-state index contributed by atoms with van der Waals surface area (Å²) < 4.78 is 7.14. The Kier molecular flexibility index (Phi) is 8.63. The molecule has 198 valence electrons. The number of urea groups is 1. The van der Waals surface area contributed by atoms with E-state index in [9.17, 15) is 9.59 Å². The highest BCUT2D eigenvalue weighted by Crippen LogP contribution is 2.27. The summed E-state index contributed by atoms with van der Waals surface area (Å²) >= 11 is 0. The summed E-state index contributed by atoms with van der Waals surface area (Å²) in [6.07, 6.45) is 1.90. The maximum Gasteiger partial charge on any atom is 0.318 e. The van der Waals surface area contributed by atoms with Crippen LogP contribution < -0.4 is 15.4 Å². The number of anilines is 1. The molecule has 3 rings (SSSR count). The second kappa shape index (κ2) is 11.5. The number of imidazole rings is 1. The van der Waals surface area contributed by atoms with Crippen LogP contribution >= 0.6 is 0 Å². The minimum Gasteiger partial charge on any atom is -0.497 e. The van der Waals surface area contributed by atoms with Crippen molar-refractivity contribution < 1.29 is 14.3 Å². The van der Waals surface area contributed by atoms with Gasteiger partial charge in [0.05, 0.1) is 12.8 Å². The lowest BCUT2D eigenvalue weighted by atomic mass is 10.1. The van der Waals surface area contributed by atoms with Gasteiger partial charge in [0.25, 0.3) is 0 Å². The van der Waals surface area contributed by atoms with E-state index in [1.807, 2.05) is 81.8 Å². The Labute approximate surface area is 220 Å². The monoisotopic (exact) mass is 505 g/mol. The lowest BCUT2D eigenvalue weighted by molar-refractivity contribution is -0.116. The number of hydrogen-bond donors (Lipinski definition) is 2. The zero-order valence-electron chi connectivity index (χ0n) is 23.2. The minimum absolute atomic E-state index is 0.0856. The standard InChI is InChI=1S/C29H39N5O3/c1-19(2)16-33(28(36)32-29(5,6)7)18-26(35)31-27-30-25(22-10-13-24(37-8)14-11-22)17-34(27)23-12-9-20(3)21(4)15-23/h9-15,17,19H,16,18H2,1-8H3,(H,32,36)(H,30,31,35). The molecule has 0 aliphatic carbocycles. The molecule has 0 fully saturated rings. The number of hydrogen-bond acceptors (Lipinski definition) is 4. The van der Waals surface area contributed by atoms with Crippen molar-refractivity contribution in [3.63, 3.8) is 0 Å². The first-order chi connectivity index (χ1) is 17.4. The second-order valence-electron chi connectivity index (χ2n) is 10.8. The molecule has 0 bridgehead atoms. The van der Waals surface area contributed by atoms with Crippen LogP contribution in [0.25, 0.3) is 16.9 Å². The summed E-state index contributed by atoms with van der Waals surface area (Å²) in [7, 11) is 1.63. The van der Waals surface area contributed by atoms with E-state index in [4.69, 9.17) is 9.72 Å². The quantitative estimate of drug-likeness (QED) is 0.419. The third kappa shape index (κ3) is 7.59. The van der Waals surface area contributed by atoms with Crippen molar-refractivity contribution in [3.8, 4) is 22.7 Å². The highest BCUT2D eigenvalue weighted by molar-refractivity contribution is 5.93. The molecule has 2 N–H and O–H groups in total. The Morgan fingerprint density at radius 1 is 1.05 bits per heavy atom. The lowest BCUT2D eigenvalue weighted by Crippen LogP contribution is -2.51. The van der Waals surface area contributed by atoms with E-state index in [1.54, 1.807) is 12.0 Å². The topological polar surface area (TPSA) is 88.5 Å². The van der Waals surface area contributed by atoms with Gasteiger partial charge >= 0.3 is 6.03 Å². The number of carbonyl (C=O) groups excluding carboxylic acids is 2. The first-order valence-electron chi connectivity index (χ1n) is 12.5. The number of methoxy groups -OCH3 is 1. The summed E-state index contributed by atoms with van der Waals surface area (Å²) in [5.74, 6) is 1.03. The molecule has 0 aliphatic rings. The van der Waals surface area contributed by atoms with E-state index in [-0.39, 0.29) is 24.4 Å². The fourth-order valence-corrected chi connectivity index (χ4v) is 3.84. The molecule has 1 aromatic heterocycles. The number of nitrogens with one attached hydrogen (secondary N) is 2. The van der Waals surface area contributed by atoms with Crippen LogP contribution in [0.15, 0.2) is 48.7 Å². The maximum absolute atomic E-state index is 13.2. The molecule has 1 heterocycles. The number of rotatable bonds is 8. The molecule has 8 heteroatoms. The molecule has 2 aromatic carbocycles. The summed E-state index contributed by atoms with van der Waals surface area (Å²) in [5.41, 5.74) is 4.39. The Hall–Kier alpha value is -3.81. The van der Waals surface area contributed by atoms with E-state index < -0.39 is 5.54 Å². The largest absolute Gasteiger partial charge is 0.497 e. The third-order valence-electron chi connectivity index (χ3n) is 5.80. The van der Waals surface area contributed by atoms with Gasteiger partial charge in [0, 0.05) is 29.5 Å². The average molecular weight is 506 g/mol. The molecule has 37 heavy (non-hydrogen) atoms. The van der Waals surface area contributed by atoms with Crippen LogP contribution in [0, 0.1) is 19.8 Å². The summed E-state index contributed by atoms with van der Waals surface area (Å²) in [5, 5.41) is 5.90. The minimum atomic E-state index is -0.407. The zero-order chi connectivity index (χ0) is 27.3. The predicted octanol–water partition coefficient (Wildman–Crippen LogP) is 5.57. The van der Waals surface area contributed by atoms with Crippen LogP contribution in [0.4, 0.5) is 10.7 Å². The number of benzene rings is 2. The normalized spacial score (nSPS) is 11.4. The number of carbonyl (C=O) groups is 2. The fourth-order valence-electron chi connectivity index (χ4n) is 3.84. The van der Waals surface area contributed by atoms with Crippen molar-refractivity contribution in [1.29, 1.82) is 0 Å². The molecule has 0 spiro atoms. The van der Waals surface area contributed by atoms with Gasteiger partial charge in [-0.25, -0.2) is 9.78 Å². The predicted molar refractivity (Wildman–Crippen MR) is 148 cm³/mol. The smallest absolute Gasteiger partial charge is 0.318 e. The summed E-state index contributed by atoms with van der Waals surface area (Å²) in [6, 6.07) is 13.4. The first-order valence-corrected chi connectivity index (χ1v) is 12.5. The molecule has 0 unspecified atom stereocenters. The van der Waals surface area contributed by atoms with Gasteiger partial charge in [0.2, 0.25) is 11.9 Å². The lowest BCUT2D eigenvalue weighted by Gasteiger charge is -2.29. The summed E-state index contributed by atoms with van der Waals surface area (Å²) in [4.78, 5) is 32.4. The van der Waals surface area contributed by atoms with Gasteiger partial charge in [-0.3, -0.25) is 14.7 Å².